The normalized spacial score (nSPS) is 12.1. The van der Waals surface area contributed by atoms with Gasteiger partial charge in [-0.1, -0.05) is 57.9 Å². The lowest BCUT2D eigenvalue weighted by Gasteiger charge is -2.10. The number of hydrogen-bond acceptors (Lipinski definition) is 2. The topological polar surface area (TPSA) is 43.1 Å². The van der Waals surface area contributed by atoms with Crippen molar-refractivity contribution in [2.45, 2.75) is 31.0 Å². The molecule has 3 nitrogen and oxygen atoms in total. The number of alkyl halides is 1. The summed E-state index contributed by atoms with van der Waals surface area (Å²) >= 11 is 3.70. The van der Waals surface area contributed by atoms with Crippen LogP contribution in [0.25, 0.3) is 0 Å². The number of non-ortho nitro benzene ring substituents is 1. The Hall–Kier alpha value is -1.68. The van der Waals surface area contributed by atoms with E-state index in [0.29, 0.717) is 4.83 Å². The minimum Gasteiger partial charge on any atom is -0.258 e. The molecule has 2 rings (SSSR count). The maximum atomic E-state index is 10.6. The molecule has 2 aromatic rings. The number of nitrogens with zero attached hydrogens (tertiary/aromatic N) is 1. The average molecular weight is 348 g/mol. The number of hydrogen-bond donors (Lipinski definition) is 0. The predicted octanol–water partition coefficient (Wildman–Crippen LogP) is 4.84. The van der Waals surface area contributed by atoms with E-state index in [1.807, 2.05) is 12.1 Å². The molecule has 0 saturated heterocycles. The number of rotatable bonds is 6. The van der Waals surface area contributed by atoms with Crippen molar-refractivity contribution >= 4 is 21.6 Å². The molecular formula is C17H18BrNO2. The second-order valence-corrected chi connectivity index (χ2v) is 6.55. The summed E-state index contributed by atoms with van der Waals surface area (Å²) in [6.07, 6.45) is 2.95. The van der Waals surface area contributed by atoms with Gasteiger partial charge in [0, 0.05) is 17.0 Å². The lowest BCUT2D eigenvalue weighted by Crippen LogP contribution is -2.04. The molecule has 0 aliphatic rings. The Morgan fingerprint density at radius 2 is 1.86 bits per heavy atom. The van der Waals surface area contributed by atoms with E-state index < -0.39 is 0 Å². The van der Waals surface area contributed by atoms with Gasteiger partial charge in [-0.3, -0.25) is 10.1 Å². The Labute approximate surface area is 133 Å². The third-order valence-corrected chi connectivity index (χ3v) is 4.21. The Balaban J connectivity index is 1.86. The summed E-state index contributed by atoms with van der Waals surface area (Å²) in [4.78, 5) is 10.6. The molecule has 0 aromatic heterocycles. The summed E-state index contributed by atoms with van der Waals surface area (Å²) in [5.74, 6) is 0. The summed E-state index contributed by atoms with van der Waals surface area (Å²) in [5, 5.41) is 10.6. The Morgan fingerprint density at radius 3 is 2.48 bits per heavy atom. The smallest absolute Gasteiger partial charge is 0.258 e. The van der Waals surface area contributed by atoms with Crippen LogP contribution >= 0.6 is 15.9 Å². The van der Waals surface area contributed by atoms with Gasteiger partial charge in [0.2, 0.25) is 0 Å². The van der Waals surface area contributed by atoms with Crippen LogP contribution in [0.3, 0.4) is 0 Å². The molecule has 21 heavy (non-hydrogen) atoms. The molecule has 0 aliphatic heterocycles. The minimum absolute atomic E-state index is 0.143. The van der Waals surface area contributed by atoms with Crippen LogP contribution in [0.1, 0.15) is 23.1 Å². The molecule has 0 amide bonds. The first kappa shape index (κ1) is 15.7. The molecule has 0 saturated carbocycles. The molecule has 0 fully saturated rings. The molecule has 0 aliphatic carbocycles. The fourth-order valence-electron chi connectivity index (χ4n) is 2.30. The Bertz CT molecular complexity index is 610. The van der Waals surface area contributed by atoms with Gasteiger partial charge in [-0.05, 0) is 37.3 Å². The Morgan fingerprint density at radius 1 is 1.14 bits per heavy atom. The van der Waals surface area contributed by atoms with Crippen molar-refractivity contribution in [3.63, 3.8) is 0 Å². The molecule has 0 spiro atoms. The summed E-state index contributed by atoms with van der Waals surface area (Å²) in [7, 11) is 0. The molecular weight excluding hydrogens is 330 g/mol. The van der Waals surface area contributed by atoms with Crippen LogP contribution in [0.4, 0.5) is 5.69 Å². The first-order valence-electron chi connectivity index (χ1n) is 6.97. The fraction of sp³-hybridized carbons (Fsp3) is 0.294. The van der Waals surface area contributed by atoms with Crippen molar-refractivity contribution in [1.29, 1.82) is 0 Å². The van der Waals surface area contributed by atoms with E-state index in [2.05, 4.69) is 47.1 Å². The number of nitro benzene ring substituents is 1. The van der Waals surface area contributed by atoms with Crippen molar-refractivity contribution in [1.82, 2.24) is 0 Å². The molecule has 0 heterocycles. The highest BCUT2D eigenvalue weighted by Gasteiger charge is 2.09. The van der Waals surface area contributed by atoms with Gasteiger partial charge in [0.05, 0.1) is 4.92 Å². The Kier molecular flexibility index (Phi) is 5.51. The van der Waals surface area contributed by atoms with E-state index in [4.69, 9.17) is 0 Å². The second kappa shape index (κ2) is 7.36. The van der Waals surface area contributed by atoms with Gasteiger partial charge in [-0.25, -0.2) is 0 Å². The molecule has 1 unspecified atom stereocenters. The predicted molar refractivity (Wildman–Crippen MR) is 89.0 cm³/mol. The van der Waals surface area contributed by atoms with E-state index in [1.54, 1.807) is 12.1 Å². The van der Waals surface area contributed by atoms with Crippen molar-refractivity contribution in [2.75, 3.05) is 0 Å². The standard InChI is InChI=1S/C17H18BrNO2/c1-13-3-2-4-14(11-13)5-8-16(18)12-15-6-9-17(10-7-15)19(20)21/h2-4,6-7,9-11,16H,5,8,12H2,1H3. The van der Waals surface area contributed by atoms with E-state index in [0.717, 1.165) is 24.8 Å². The molecule has 2 aromatic carbocycles. The van der Waals surface area contributed by atoms with Crippen molar-refractivity contribution < 1.29 is 4.92 Å². The highest BCUT2D eigenvalue weighted by molar-refractivity contribution is 9.09. The van der Waals surface area contributed by atoms with Gasteiger partial charge < -0.3 is 0 Å². The van der Waals surface area contributed by atoms with Crippen molar-refractivity contribution in [3.8, 4) is 0 Å². The van der Waals surface area contributed by atoms with Crippen LogP contribution in [0, 0.1) is 17.0 Å². The molecule has 1 atom stereocenters. The third kappa shape index (κ3) is 4.97. The molecule has 110 valence electrons. The summed E-state index contributed by atoms with van der Waals surface area (Å²) < 4.78 is 0. The van der Waals surface area contributed by atoms with Crippen LogP contribution in [-0.2, 0) is 12.8 Å². The zero-order valence-electron chi connectivity index (χ0n) is 12.0. The maximum Gasteiger partial charge on any atom is 0.269 e. The zero-order valence-corrected chi connectivity index (χ0v) is 13.5. The van der Waals surface area contributed by atoms with Crippen LogP contribution in [0.15, 0.2) is 48.5 Å². The number of benzene rings is 2. The van der Waals surface area contributed by atoms with Gasteiger partial charge in [0.15, 0.2) is 0 Å². The quantitative estimate of drug-likeness (QED) is 0.426. The zero-order chi connectivity index (χ0) is 15.2. The summed E-state index contributed by atoms with van der Waals surface area (Å²) in [6.45, 7) is 2.10. The number of halogens is 1. The van der Waals surface area contributed by atoms with Crippen LogP contribution in [0.5, 0.6) is 0 Å². The van der Waals surface area contributed by atoms with Gasteiger partial charge >= 0.3 is 0 Å². The minimum atomic E-state index is -0.368. The molecule has 0 N–H and O–H groups in total. The molecule has 0 radical (unpaired) electrons. The van der Waals surface area contributed by atoms with Crippen molar-refractivity contribution in [2.24, 2.45) is 0 Å². The number of aryl methyl sites for hydroxylation is 2. The van der Waals surface area contributed by atoms with Gasteiger partial charge in [-0.15, -0.1) is 0 Å². The first-order chi connectivity index (χ1) is 10.0. The van der Waals surface area contributed by atoms with Crippen LogP contribution in [-0.4, -0.2) is 9.75 Å². The maximum absolute atomic E-state index is 10.6. The van der Waals surface area contributed by atoms with Gasteiger partial charge in [-0.2, -0.15) is 0 Å². The largest absolute Gasteiger partial charge is 0.269 e. The SMILES string of the molecule is Cc1cccc(CCC(Br)Cc2ccc([N+](=O)[O-])cc2)c1. The second-order valence-electron chi connectivity index (χ2n) is 5.25. The first-order valence-corrected chi connectivity index (χ1v) is 7.89. The molecule has 0 bridgehead atoms. The monoisotopic (exact) mass is 347 g/mol. The lowest BCUT2D eigenvalue weighted by atomic mass is 10.0. The van der Waals surface area contributed by atoms with Crippen molar-refractivity contribution in [3.05, 3.63) is 75.3 Å². The van der Waals surface area contributed by atoms with E-state index >= 15 is 0 Å². The van der Waals surface area contributed by atoms with E-state index in [-0.39, 0.29) is 10.6 Å². The van der Waals surface area contributed by atoms with Crippen LogP contribution in [0.2, 0.25) is 0 Å². The van der Waals surface area contributed by atoms with Crippen LogP contribution < -0.4 is 0 Å². The summed E-state index contributed by atoms with van der Waals surface area (Å²) in [5.41, 5.74) is 3.90. The van der Waals surface area contributed by atoms with Gasteiger partial charge in [0.25, 0.3) is 5.69 Å². The van der Waals surface area contributed by atoms with Gasteiger partial charge in [0.1, 0.15) is 0 Å². The van der Waals surface area contributed by atoms with E-state index in [1.165, 1.54) is 11.1 Å². The number of nitro groups is 1. The average Bonchev–Trinajstić information content (AvgIpc) is 2.46. The highest BCUT2D eigenvalue weighted by atomic mass is 79.9. The summed E-state index contributed by atoms with van der Waals surface area (Å²) in [6, 6.07) is 15.4. The fourth-order valence-corrected chi connectivity index (χ4v) is 2.91. The highest BCUT2D eigenvalue weighted by Crippen LogP contribution is 2.19. The van der Waals surface area contributed by atoms with E-state index in [9.17, 15) is 10.1 Å². The molecule has 4 heteroatoms. The third-order valence-electron chi connectivity index (χ3n) is 3.43. The lowest BCUT2D eigenvalue weighted by molar-refractivity contribution is -0.384.